The van der Waals surface area contributed by atoms with Crippen LogP contribution in [-0.4, -0.2) is 40.2 Å². The lowest BCUT2D eigenvalue weighted by atomic mass is 9.98. The van der Waals surface area contributed by atoms with Crippen LogP contribution >= 0.6 is 11.8 Å². The second-order valence-corrected chi connectivity index (χ2v) is 7.24. The normalized spacial score (nSPS) is 18.0. The highest BCUT2D eigenvalue weighted by molar-refractivity contribution is 8.00. The number of carboxylic acid groups (broad SMARTS) is 1. The lowest BCUT2D eigenvalue weighted by Crippen LogP contribution is -2.44. The number of piperidine rings is 1. The molecule has 1 atom stereocenters. The van der Waals surface area contributed by atoms with Crippen molar-refractivity contribution in [2.24, 2.45) is 0 Å². The van der Waals surface area contributed by atoms with Gasteiger partial charge >= 0.3 is 5.97 Å². The summed E-state index contributed by atoms with van der Waals surface area (Å²) in [5.41, 5.74) is 2.39. The summed E-state index contributed by atoms with van der Waals surface area (Å²) in [6.45, 7) is 4.87. The standard InChI is InChI=1S/C18H25NO3S/c1-13-6-7-14(2)16(11-13)23-12-17(20)19-10-4-3-5-15(19)8-9-18(21)22/h6-7,11,15H,3-5,8-10,12H2,1-2H3,(H,21,22). The lowest BCUT2D eigenvalue weighted by molar-refractivity contribution is -0.139. The number of carbonyl (C=O) groups is 2. The van der Waals surface area contributed by atoms with Crippen LogP contribution < -0.4 is 0 Å². The van der Waals surface area contributed by atoms with Crippen LogP contribution in [0.4, 0.5) is 0 Å². The van der Waals surface area contributed by atoms with Gasteiger partial charge in [0.1, 0.15) is 0 Å². The molecule has 1 aliphatic heterocycles. The largest absolute Gasteiger partial charge is 0.481 e. The molecule has 1 amide bonds. The Labute approximate surface area is 142 Å². The molecule has 0 bridgehead atoms. The second kappa shape index (κ2) is 8.39. The Kier molecular flexibility index (Phi) is 6.51. The summed E-state index contributed by atoms with van der Waals surface area (Å²) in [6.07, 6.45) is 3.72. The Hall–Kier alpha value is -1.49. The predicted molar refractivity (Wildman–Crippen MR) is 92.9 cm³/mol. The topological polar surface area (TPSA) is 57.6 Å². The van der Waals surface area contributed by atoms with Crippen molar-refractivity contribution in [3.05, 3.63) is 29.3 Å². The zero-order valence-electron chi connectivity index (χ0n) is 13.9. The van der Waals surface area contributed by atoms with Crippen molar-refractivity contribution >= 4 is 23.6 Å². The fourth-order valence-electron chi connectivity index (χ4n) is 3.00. The third-order valence-corrected chi connectivity index (χ3v) is 5.48. The molecule has 1 aromatic carbocycles. The number of likely N-dealkylation sites (tertiary alicyclic amines) is 1. The summed E-state index contributed by atoms with van der Waals surface area (Å²) in [6, 6.07) is 6.37. The van der Waals surface area contributed by atoms with Gasteiger partial charge in [0.2, 0.25) is 5.91 Å². The first-order valence-corrected chi connectivity index (χ1v) is 9.17. The highest BCUT2D eigenvalue weighted by Crippen LogP contribution is 2.26. The molecule has 4 nitrogen and oxygen atoms in total. The second-order valence-electron chi connectivity index (χ2n) is 6.23. The van der Waals surface area contributed by atoms with Crippen molar-refractivity contribution in [3.63, 3.8) is 0 Å². The van der Waals surface area contributed by atoms with Gasteiger partial charge in [-0.15, -0.1) is 11.8 Å². The number of rotatable bonds is 6. The molecule has 1 fully saturated rings. The molecule has 0 spiro atoms. The van der Waals surface area contributed by atoms with E-state index in [0.29, 0.717) is 12.2 Å². The Bertz CT molecular complexity index is 573. The van der Waals surface area contributed by atoms with Gasteiger partial charge in [-0.2, -0.15) is 0 Å². The van der Waals surface area contributed by atoms with Crippen molar-refractivity contribution in [2.75, 3.05) is 12.3 Å². The van der Waals surface area contributed by atoms with Crippen molar-refractivity contribution in [2.45, 2.75) is 56.9 Å². The van der Waals surface area contributed by atoms with Crippen LogP contribution in [0.5, 0.6) is 0 Å². The van der Waals surface area contributed by atoms with Gasteiger partial charge in [-0.1, -0.05) is 17.7 Å². The van der Waals surface area contributed by atoms with Crippen molar-refractivity contribution in [1.82, 2.24) is 4.90 Å². The average molecular weight is 335 g/mol. The smallest absolute Gasteiger partial charge is 0.303 e. The summed E-state index contributed by atoms with van der Waals surface area (Å²) >= 11 is 1.58. The maximum absolute atomic E-state index is 12.6. The first kappa shape index (κ1) is 17.9. The summed E-state index contributed by atoms with van der Waals surface area (Å²) in [7, 11) is 0. The van der Waals surface area contributed by atoms with Gasteiger partial charge in [0, 0.05) is 23.9 Å². The fraction of sp³-hybridized carbons (Fsp3) is 0.556. The van der Waals surface area contributed by atoms with Crippen LogP contribution in [0.1, 0.15) is 43.2 Å². The molecule has 1 aromatic rings. The van der Waals surface area contributed by atoms with Gasteiger partial charge in [0.25, 0.3) is 0 Å². The average Bonchev–Trinajstić information content (AvgIpc) is 2.53. The molecule has 23 heavy (non-hydrogen) atoms. The van der Waals surface area contributed by atoms with Crippen molar-refractivity contribution in [3.8, 4) is 0 Å². The van der Waals surface area contributed by atoms with E-state index in [0.717, 1.165) is 30.7 Å². The number of carboxylic acids is 1. The van der Waals surface area contributed by atoms with E-state index in [1.165, 1.54) is 11.1 Å². The van der Waals surface area contributed by atoms with Crippen molar-refractivity contribution < 1.29 is 14.7 Å². The third-order valence-electron chi connectivity index (χ3n) is 4.33. The maximum atomic E-state index is 12.6. The van der Waals surface area contributed by atoms with Gasteiger partial charge < -0.3 is 10.0 Å². The predicted octanol–water partition coefficient (Wildman–Crippen LogP) is 3.64. The van der Waals surface area contributed by atoms with Crippen LogP contribution in [0.2, 0.25) is 0 Å². The molecule has 1 saturated heterocycles. The first-order valence-electron chi connectivity index (χ1n) is 8.18. The SMILES string of the molecule is Cc1ccc(C)c(SCC(=O)N2CCCCC2CCC(=O)O)c1. The molecule has 0 aromatic heterocycles. The van der Waals surface area contributed by atoms with Crippen molar-refractivity contribution in [1.29, 1.82) is 0 Å². The zero-order chi connectivity index (χ0) is 16.8. The molecule has 1 unspecified atom stereocenters. The molecular weight excluding hydrogens is 310 g/mol. The number of benzene rings is 1. The monoisotopic (exact) mass is 335 g/mol. The number of amides is 1. The van der Waals surface area contributed by atoms with E-state index in [1.54, 1.807) is 11.8 Å². The van der Waals surface area contributed by atoms with E-state index >= 15 is 0 Å². The van der Waals surface area contributed by atoms with Crippen LogP contribution in [0.15, 0.2) is 23.1 Å². The summed E-state index contributed by atoms with van der Waals surface area (Å²) in [5, 5.41) is 8.87. The number of aryl methyl sites for hydroxylation is 2. The Morgan fingerprint density at radius 3 is 2.83 bits per heavy atom. The lowest BCUT2D eigenvalue weighted by Gasteiger charge is -2.35. The molecule has 1 heterocycles. The number of aliphatic carboxylic acids is 1. The van der Waals surface area contributed by atoms with E-state index in [4.69, 9.17) is 5.11 Å². The maximum Gasteiger partial charge on any atom is 0.303 e. The quantitative estimate of drug-likeness (QED) is 0.806. The molecule has 0 radical (unpaired) electrons. The van der Waals surface area contributed by atoms with Gasteiger partial charge in [-0.25, -0.2) is 0 Å². The number of nitrogens with zero attached hydrogens (tertiary/aromatic N) is 1. The first-order chi connectivity index (χ1) is 11.0. The number of hydrogen-bond donors (Lipinski definition) is 1. The van der Waals surface area contributed by atoms with E-state index in [1.807, 2.05) is 4.90 Å². The van der Waals surface area contributed by atoms with E-state index in [-0.39, 0.29) is 18.4 Å². The minimum atomic E-state index is -0.785. The summed E-state index contributed by atoms with van der Waals surface area (Å²) in [4.78, 5) is 26.4. The minimum absolute atomic E-state index is 0.0894. The van der Waals surface area contributed by atoms with E-state index < -0.39 is 5.97 Å². The van der Waals surface area contributed by atoms with Gasteiger partial charge in [-0.05, 0) is 51.2 Å². The van der Waals surface area contributed by atoms with Crippen LogP contribution in [0.25, 0.3) is 0 Å². The zero-order valence-corrected chi connectivity index (χ0v) is 14.7. The molecule has 0 saturated carbocycles. The highest BCUT2D eigenvalue weighted by Gasteiger charge is 2.26. The van der Waals surface area contributed by atoms with Crippen LogP contribution in [0, 0.1) is 13.8 Å². The summed E-state index contributed by atoms with van der Waals surface area (Å²) in [5.74, 6) is -0.229. The van der Waals surface area contributed by atoms with Crippen LogP contribution in [-0.2, 0) is 9.59 Å². The number of hydrogen-bond acceptors (Lipinski definition) is 3. The molecule has 1 N–H and O–H groups in total. The highest BCUT2D eigenvalue weighted by atomic mass is 32.2. The van der Waals surface area contributed by atoms with Crippen LogP contribution in [0.3, 0.4) is 0 Å². The molecule has 2 rings (SSSR count). The van der Waals surface area contributed by atoms with Gasteiger partial charge in [0.05, 0.1) is 5.75 Å². The van der Waals surface area contributed by atoms with Gasteiger partial charge in [0.15, 0.2) is 0 Å². The molecule has 1 aliphatic rings. The molecule has 5 heteroatoms. The third kappa shape index (κ3) is 5.27. The number of thioether (sulfide) groups is 1. The molecular formula is C18H25NO3S. The Morgan fingerprint density at radius 2 is 2.09 bits per heavy atom. The molecule has 126 valence electrons. The van der Waals surface area contributed by atoms with E-state index in [2.05, 4.69) is 32.0 Å². The van der Waals surface area contributed by atoms with E-state index in [9.17, 15) is 9.59 Å². The summed E-state index contributed by atoms with van der Waals surface area (Å²) < 4.78 is 0. The Morgan fingerprint density at radius 1 is 1.30 bits per heavy atom. The number of carbonyl (C=O) groups excluding carboxylic acids is 1. The fourth-order valence-corrected chi connectivity index (χ4v) is 4.01. The Balaban J connectivity index is 1.94. The minimum Gasteiger partial charge on any atom is -0.481 e. The van der Waals surface area contributed by atoms with Gasteiger partial charge in [-0.3, -0.25) is 9.59 Å². The molecule has 0 aliphatic carbocycles.